The van der Waals surface area contributed by atoms with Crippen LogP contribution in [0.3, 0.4) is 0 Å². The molecule has 10 nitrogen and oxygen atoms in total. The molecule has 2 aromatic heterocycles. The minimum Gasteiger partial charge on any atom is -0.550 e. The van der Waals surface area contributed by atoms with Gasteiger partial charge < -0.3 is 29.3 Å². The second-order valence-corrected chi connectivity index (χ2v) is 10.2. The molecule has 221 valence electrons. The van der Waals surface area contributed by atoms with Crippen molar-refractivity contribution in [2.75, 3.05) is 13.2 Å². The van der Waals surface area contributed by atoms with Crippen LogP contribution in [0, 0.1) is 17.3 Å². The molecule has 0 unspecified atom stereocenters. The third kappa shape index (κ3) is 10.7. The van der Waals surface area contributed by atoms with Crippen molar-refractivity contribution in [2.24, 2.45) is 27.2 Å². The molecule has 0 fully saturated rings. The first-order chi connectivity index (χ1) is 18.4. The third-order valence-electron chi connectivity index (χ3n) is 6.12. The molecule has 1 radical (unpaired) electrons. The van der Waals surface area contributed by atoms with Crippen LogP contribution in [0.25, 0.3) is 0 Å². The van der Waals surface area contributed by atoms with Gasteiger partial charge in [0.25, 0.3) is 0 Å². The van der Waals surface area contributed by atoms with Crippen LogP contribution in [0.2, 0.25) is 0 Å². The van der Waals surface area contributed by atoms with Gasteiger partial charge in [-0.2, -0.15) is 0 Å². The molecule has 0 saturated heterocycles. The van der Waals surface area contributed by atoms with Crippen molar-refractivity contribution < 1.29 is 46.3 Å². The van der Waals surface area contributed by atoms with Gasteiger partial charge in [0.15, 0.2) is 11.8 Å². The van der Waals surface area contributed by atoms with Crippen molar-refractivity contribution in [1.82, 2.24) is 9.97 Å². The molecule has 0 saturated carbocycles. The van der Waals surface area contributed by atoms with Gasteiger partial charge in [0.1, 0.15) is 18.6 Å². The number of hydrogen-bond acceptors (Lipinski definition) is 10. The van der Waals surface area contributed by atoms with Crippen LogP contribution in [0.1, 0.15) is 52.9 Å². The Bertz CT molecular complexity index is 1030. The molecule has 0 bridgehead atoms. The quantitative estimate of drug-likeness (QED) is 0.415. The maximum atomic E-state index is 8.89. The van der Waals surface area contributed by atoms with Crippen LogP contribution >= 0.6 is 0 Å². The van der Waals surface area contributed by atoms with Gasteiger partial charge in [0.2, 0.25) is 0 Å². The van der Waals surface area contributed by atoms with Crippen molar-refractivity contribution in [1.29, 1.82) is 0 Å². The standard InChI is InChI=1S/C25H32N4O2.2C2H4O2.Cu/c1-17(2)21-15-30-23(28-21)25(13-19-9-5-7-11-26-19,14-20-10-6-8-12-27-20)24-29-22(16-31-24)18(3)4;2*1-2(3)4;/h5-12,17-18,21-22H,13-16H2,1-4H3;2*1H3,(H,3,4);/q;;;+2/p-2/t21-,22-;;;/m1.../s1. The molecule has 0 aliphatic carbocycles. The summed E-state index contributed by atoms with van der Waals surface area (Å²) in [5.41, 5.74) is 1.24. The summed E-state index contributed by atoms with van der Waals surface area (Å²) in [6.45, 7) is 11.8. The van der Waals surface area contributed by atoms with Crippen LogP contribution in [0.5, 0.6) is 0 Å². The first-order valence-electron chi connectivity index (χ1n) is 13.0. The normalized spacial score (nSPS) is 17.6. The Hall–Kier alpha value is -3.30. The van der Waals surface area contributed by atoms with Crippen molar-refractivity contribution in [3.05, 3.63) is 60.2 Å². The van der Waals surface area contributed by atoms with Gasteiger partial charge in [-0.25, -0.2) is 9.98 Å². The fourth-order valence-electron chi connectivity index (χ4n) is 4.07. The Morgan fingerprint density at radius 1 is 0.800 bits per heavy atom. The number of carbonyl (C=O) groups is 2. The second-order valence-electron chi connectivity index (χ2n) is 10.2. The van der Waals surface area contributed by atoms with Gasteiger partial charge in [-0.15, -0.1) is 0 Å². The van der Waals surface area contributed by atoms with E-state index in [1.807, 2.05) is 48.8 Å². The van der Waals surface area contributed by atoms with E-state index in [1.54, 1.807) is 0 Å². The van der Waals surface area contributed by atoms with Gasteiger partial charge >= 0.3 is 17.1 Å². The number of ether oxygens (including phenoxy) is 2. The number of aliphatic imine (C=N–C) groups is 2. The van der Waals surface area contributed by atoms with Crippen molar-refractivity contribution in [3.8, 4) is 0 Å². The largest absolute Gasteiger partial charge is 2.00 e. The number of aliphatic carboxylic acids is 2. The predicted molar refractivity (Wildman–Crippen MR) is 144 cm³/mol. The molecule has 4 heterocycles. The molecule has 2 aliphatic rings. The second kappa shape index (κ2) is 16.7. The monoisotopic (exact) mass is 601 g/mol. The summed E-state index contributed by atoms with van der Waals surface area (Å²) in [5, 5.41) is 17.8. The van der Waals surface area contributed by atoms with Crippen molar-refractivity contribution in [3.63, 3.8) is 0 Å². The van der Waals surface area contributed by atoms with E-state index >= 15 is 0 Å². The Balaban J connectivity index is 0.000000789. The zero-order chi connectivity index (χ0) is 29.0. The van der Waals surface area contributed by atoms with Gasteiger partial charge in [-0.05, 0) is 49.9 Å². The Morgan fingerprint density at radius 3 is 1.40 bits per heavy atom. The van der Waals surface area contributed by atoms with Crippen LogP contribution in [-0.2, 0) is 49.0 Å². The third-order valence-corrected chi connectivity index (χ3v) is 6.12. The summed E-state index contributed by atoms with van der Waals surface area (Å²) < 4.78 is 12.6. The van der Waals surface area contributed by atoms with Crippen molar-refractivity contribution in [2.45, 2.75) is 66.5 Å². The first-order valence-corrected chi connectivity index (χ1v) is 13.0. The van der Waals surface area contributed by atoms with E-state index in [0.29, 0.717) is 49.7 Å². The summed E-state index contributed by atoms with van der Waals surface area (Å²) in [6, 6.07) is 12.2. The number of pyridine rings is 2. The van der Waals surface area contributed by atoms with Gasteiger partial charge in [0.05, 0.1) is 12.1 Å². The van der Waals surface area contributed by atoms with E-state index in [-0.39, 0.29) is 29.2 Å². The fourth-order valence-corrected chi connectivity index (χ4v) is 4.07. The summed E-state index contributed by atoms with van der Waals surface area (Å²) >= 11 is 0. The number of carboxylic acids is 2. The number of hydrogen-bond donors (Lipinski definition) is 0. The number of aromatic nitrogens is 2. The molecule has 40 heavy (non-hydrogen) atoms. The Kier molecular flexibility index (Phi) is 14.5. The molecule has 0 aromatic carbocycles. The molecule has 2 aliphatic heterocycles. The molecule has 11 heteroatoms. The first kappa shape index (κ1) is 34.7. The van der Waals surface area contributed by atoms with Crippen LogP contribution in [0.4, 0.5) is 0 Å². The zero-order valence-corrected chi connectivity index (χ0v) is 24.7. The molecule has 0 N–H and O–H groups in total. The van der Waals surface area contributed by atoms with E-state index in [1.165, 1.54) is 0 Å². The molecule has 0 amide bonds. The predicted octanol–water partition coefficient (Wildman–Crippen LogP) is 1.66. The van der Waals surface area contributed by atoms with E-state index in [0.717, 1.165) is 25.2 Å². The summed E-state index contributed by atoms with van der Waals surface area (Å²) in [4.78, 5) is 37.1. The SMILES string of the molecule is CC(=O)[O-].CC(=O)[O-].CC(C)[C@H]1COC(C(Cc2ccccn2)(Cc2ccccn2)C2=N[C@@H](C(C)C)CO2)=N1.[Cu+2]. The maximum Gasteiger partial charge on any atom is 2.00 e. The maximum absolute atomic E-state index is 8.89. The fraction of sp³-hybridized carbons (Fsp3) is 0.517. The smallest absolute Gasteiger partial charge is 0.550 e. The molecular weight excluding hydrogens is 564 g/mol. The number of nitrogens with zero attached hydrogens (tertiary/aromatic N) is 4. The molecule has 0 spiro atoms. The summed E-state index contributed by atoms with van der Waals surface area (Å²) in [6.07, 6.45) is 4.84. The van der Waals surface area contributed by atoms with E-state index in [9.17, 15) is 0 Å². The van der Waals surface area contributed by atoms with Gasteiger partial charge in [-0.1, -0.05) is 39.8 Å². The zero-order valence-electron chi connectivity index (χ0n) is 23.8. The van der Waals surface area contributed by atoms with Crippen molar-refractivity contribution >= 4 is 23.7 Å². The Labute approximate surface area is 246 Å². The van der Waals surface area contributed by atoms with Gasteiger partial charge in [0, 0.05) is 48.6 Å². The van der Waals surface area contributed by atoms with Crippen LogP contribution in [-0.4, -0.2) is 59.0 Å². The average Bonchev–Trinajstić information content (AvgIpc) is 3.56. The van der Waals surface area contributed by atoms with E-state index in [4.69, 9.17) is 39.3 Å². The summed E-state index contributed by atoms with van der Waals surface area (Å²) in [5.74, 6) is 0.0285. The van der Waals surface area contributed by atoms with Crippen LogP contribution in [0.15, 0.2) is 58.8 Å². The topological polar surface area (TPSA) is 149 Å². The Morgan fingerprint density at radius 2 is 1.15 bits per heavy atom. The minimum absolute atomic E-state index is 0. The number of carboxylic acid groups (broad SMARTS) is 2. The van der Waals surface area contributed by atoms with E-state index < -0.39 is 17.4 Å². The summed E-state index contributed by atoms with van der Waals surface area (Å²) in [7, 11) is 0. The molecule has 4 rings (SSSR count). The molecule has 2 atom stereocenters. The molecule has 2 aromatic rings. The number of rotatable bonds is 8. The average molecular weight is 602 g/mol. The van der Waals surface area contributed by atoms with Crippen LogP contribution < -0.4 is 10.2 Å². The number of carbonyl (C=O) groups excluding carboxylic acids is 2. The van der Waals surface area contributed by atoms with E-state index in [2.05, 4.69) is 37.7 Å². The van der Waals surface area contributed by atoms with Gasteiger partial charge in [-0.3, -0.25) is 9.97 Å². The minimum atomic E-state index is -1.08. The molecular formula is C29H38CuN4O6.